The van der Waals surface area contributed by atoms with Crippen molar-refractivity contribution in [2.45, 2.75) is 32.4 Å². The van der Waals surface area contributed by atoms with Gasteiger partial charge in [-0.3, -0.25) is 0 Å². The maximum absolute atomic E-state index is 12.4. The Morgan fingerprint density at radius 3 is 2.86 bits per heavy atom. The maximum atomic E-state index is 12.4. The molecule has 28 heavy (non-hydrogen) atoms. The minimum absolute atomic E-state index is 0.0835. The van der Waals surface area contributed by atoms with Crippen LogP contribution in [0.1, 0.15) is 24.1 Å². The van der Waals surface area contributed by atoms with Gasteiger partial charge in [0.2, 0.25) is 5.88 Å². The first-order valence-corrected chi connectivity index (χ1v) is 9.70. The van der Waals surface area contributed by atoms with Crippen LogP contribution in [0.25, 0.3) is 16.7 Å². The van der Waals surface area contributed by atoms with Crippen LogP contribution in [-0.4, -0.2) is 45.0 Å². The van der Waals surface area contributed by atoms with E-state index in [1.807, 2.05) is 25.1 Å². The van der Waals surface area contributed by atoms with Crippen LogP contribution < -0.4 is 4.74 Å². The largest absolute Gasteiger partial charge is 0.416 e. The highest BCUT2D eigenvalue weighted by molar-refractivity contribution is 6.30. The molecule has 8 heteroatoms. The van der Waals surface area contributed by atoms with Crippen LogP contribution in [0.2, 0.25) is 5.02 Å². The number of aryl methyl sites for hydroxylation is 1. The zero-order valence-corrected chi connectivity index (χ0v) is 16.1. The predicted octanol–water partition coefficient (Wildman–Crippen LogP) is 3.88. The van der Waals surface area contributed by atoms with Gasteiger partial charge in [0.25, 0.3) is 0 Å². The molecule has 0 N–H and O–H groups in total. The number of hydrogen-bond acceptors (Lipinski definition) is 5. The molecular formula is C20H19ClN4O3. The highest BCUT2D eigenvalue weighted by atomic mass is 35.5. The molecule has 0 saturated carbocycles. The normalized spacial score (nSPS) is 19.1. The van der Waals surface area contributed by atoms with Crippen LogP contribution in [0.4, 0.5) is 4.79 Å². The Bertz CT molecular complexity index is 1060. The average molecular weight is 399 g/mol. The second-order valence-electron chi connectivity index (χ2n) is 7.18. The Balaban J connectivity index is 1.52. The number of fused-ring (bicyclic) bond motifs is 2. The third kappa shape index (κ3) is 3.00. The van der Waals surface area contributed by atoms with Crippen molar-refractivity contribution in [3.05, 3.63) is 46.6 Å². The first-order chi connectivity index (χ1) is 13.6. The van der Waals surface area contributed by atoms with Crippen LogP contribution in [-0.2, 0) is 11.3 Å². The minimum atomic E-state index is -0.385. The van der Waals surface area contributed by atoms with Gasteiger partial charge < -0.3 is 14.4 Å². The van der Waals surface area contributed by atoms with Crippen molar-refractivity contribution in [2.75, 3.05) is 13.2 Å². The molecule has 1 amide bonds. The van der Waals surface area contributed by atoms with E-state index in [-0.39, 0.29) is 12.2 Å². The summed E-state index contributed by atoms with van der Waals surface area (Å²) in [5.41, 5.74) is 3.24. The summed E-state index contributed by atoms with van der Waals surface area (Å²) in [6, 6.07) is 9.39. The number of ether oxygens (including phenoxy) is 2. The molecule has 1 atom stereocenters. The maximum Gasteiger partial charge on any atom is 0.416 e. The molecule has 2 aliphatic heterocycles. The molecule has 144 valence electrons. The summed E-state index contributed by atoms with van der Waals surface area (Å²) in [5, 5.41) is 6.21. The van der Waals surface area contributed by atoms with Gasteiger partial charge in [-0.2, -0.15) is 10.1 Å². The Morgan fingerprint density at radius 2 is 2.11 bits per heavy atom. The van der Waals surface area contributed by atoms with E-state index < -0.39 is 0 Å². The van der Waals surface area contributed by atoms with E-state index in [1.165, 1.54) is 0 Å². The van der Waals surface area contributed by atoms with E-state index in [0.29, 0.717) is 29.6 Å². The summed E-state index contributed by atoms with van der Waals surface area (Å²) in [6.07, 6.45) is 1.71. The van der Waals surface area contributed by atoms with Crippen molar-refractivity contribution < 1.29 is 14.3 Å². The number of nitrogens with zero attached hydrogens (tertiary/aromatic N) is 4. The fraction of sp³-hybridized carbons (Fsp3) is 0.350. The summed E-state index contributed by atoms with van der Waals surface area (Å²) >= 11 is 5.99. The van der Waals surface area contributed by atoms with Gasteiger partial charge in [0.1, 0.15) is 0 Å². The number of hydrogen-bond donors (Lipinski definition) is 0. The summed E-state index contributed by atoms with van der Waals surface area (Å²) in [4.78, 5) is 18.8. The number of carbonyl (C=O) groups is 1. The Morgan fingerprint density at radius 1 is 1.29 bits per heavy atom. The molecule has 7 nitrogen and oxygen atoms in total. The first-order valence-electron chi connectivity index (χ1n) is 9.32. The summed E-state index contributed by atoms with van der Waals surface area (Å²) in [7, 11) is 0. The number of amides is 1. The molecule has 0 aliphatic carbocycles. The monoisotopic (exact) mass is 398 g/mol. The van der Waals surface area contributed by atoms with Crippen molar-refractivity contribution in [1.29, 1.82) is 0 Å². The van der Waals surface area contributed by atoms with Gasteiger partial charge >= 0.3 is 6.09 Å². The summed E-state index contributed by atoms with van der Waals surface area (Å²) in [6.45, 7) is 3.71. The van der Waals surface area contributed by atoms with E-state index >= 15 is 0 Å². The summed E-state index contributed by atoms with van der Waals surface area (Å²) < 4.78 is 12.9. The van der Waals surface area contributed by atoms with Gasteiger partial charge in [0, 0.05) is 22.6 Å². The third-order valence-electron chi connectivity index (χ3n) is 5.20. The molecule has 0 spiro atoms. The topological polar surface area (TPSA) is 69.5 Å². The highest BCUT2D eigenvalue weighted by Gasteiger charge is 2.30. The van der Waals surface area contributed by atoms with Crippen LogP contribution in [0.5, 0.6) is 5.88 Å². The van der Waals surface area contributed by atoms with E-state index in [1.54, 1.807) is 21.7 Å². The predicted molar refractivity (Wildman–Crippen MR) is 104 cm³/mol. The van der Waals surface area contributed by atoms with Crippen molar-refractivity contribution in [1.82, 2.24) is 19.7 Å². The average Bonchev–Trinajstić information content (AvgIpc) is 3.30. The second kappa shape index (κ2) is 6.76. The van der Waals surface area contributed by atoms with Gasteiger partial charge in [0.15, 0.2) is 5.65 Å². The van der Waals surface area contributed by atoms with Crippen molar-refractivity contribution in [3.8, 4) is 11.6 Å². The zero-order chi connectivity index (χ0) is 19.3. The summed E-state index contributed by atoms with van der Waals surface area (Å²) in [5.74, 6) is 0.344. The molecule has 1 aromatic carbocycles. The van der Waals surface area contributed by atoms with E-state index in [9.17, 15) is 4.79 Å². The molecule has 1 saturated heterocycles. The van der Waals surface area contributed by atoms with Crippen LogP contribution in [0, 0.1) is 6.92 Å². The standard InChI is InChI=1S/C20H19ClN4O3/c1-12-17-9-13-10-24(11-16-3-2-8-27-16)20(26)28-19(13)22-18(17)25(23-12)15-6-4-14(21)5-7-15/h4-7,9,16H,2-3,8,10-11H2,1H3/t16-/m1/s1. The third-order valence-corrected chi connectivity index (χ3v) is 5.46. The van der Waals surface area contributed by atoms with E-state index in [2.05, 4.69) is 10.1 Å². The Labute approximate surface area is 166 Å². The lowest BCUT2D eigenvalue weighted by atomic mass is 10.1. The van der Waals surface area contributed by atoms with Crippen molar-refractivity contribution in [3.63, 3.8) is 0 Å². The minimum Gasteiger partial charge on any atom is -0.391 e. The van der Waals surface area contributed by atoms with Gasteiger partial charge in [-0.1, -0.05) is 11.6 Å². The van der Waals surface area contributed by atoms with Crippen LogP contribution in [0.15, 0.2) is 30.3 Å². The molecule has 2 aliphatic rings. The molecule has 0 bridgehead atoms. The molecule has 0 unspecified atom stereocenters. The highest BCUT2D eigenvalue weighted by Crippen LogP contribution is 2.31. The smallest absolute Gasteiger partial charge is 0.391 e. The van der Waals surface area contributed by atoms with E-state index in [4.69, 9.17) is 21.1 Å². The number of pyridine rings is 1. The van der Waals surface area contributed by atoms with Crippen molar-refractivity contribution >= 4 is 28.7 Å². The fourth-order valence-corrected chi connectivity index (χ4v) is 3.89. The van der Waals surface area contributed by atoms with Gasteiger partial charge in [-0.05, 0) is 50.1 Å². The lowest BCUT2D eigenvalue weighted by Gasteiger charge is -2.29. The van der Waals surface area contributed by atoms with Crippen molar-refractivity contribution in [2.24, 2.45) is 0 Å². The molecule has 1 fully saturated rings. The lowest BCUT2D eigenvalue weighted by Crippen LogP contribution is -2.41. The van der Waals surface area contributed by atoms with Crippen LogP contribution >= 0.6 is 11.6 Å². The molecule has 4 heterocycles. The number of rotatable bonds is 3. The fourth-order valence-electron chi connectivity index (χ4n) is 3.76. The molecular weight excluding hydrogens is 380 g/mol. The molecule has 5 rings (SSSR count). The lowest BCUT2D eigenvalue weighted by molar-refractivity contribution is 0.0641. The second-order valence-corrected chi connectivity index (χ2v) is 7.62. The molecule has 2 aromatic heterocycles. The zero-order valence-electron chi connectivity index (χ0n) is 15.4. The number of benzene rings is 1. The first kappa shape index (κ1) is 17.5. The Kier molecular flexibility index (Phi) is 4.21. The quantitative estimate of drug-likeness (QED) is 0.669. The SMILES string of the molecule is Cc1nn(-c2ccc(Cl)cc2)c2nc3c(cc12)CN(C[C@H]1CCCO1)C(=O)O3. The molecule has 0 radical (unpaired) electrons. The Hall–Kier alpha value is -2.64. The van der Waals surface area contributed by atoms with E-state index in [0.717, 1.165) is 41.8 Å². The van der Waals surface area contributed by atoms with Gasteiger partial charge in [-0.25, -0.2) is 9.48 Å². The number of halogens is 1. The van der Waals surface area contributed by atoms with Gasteiger partial charge in [-0.15, -0.1) is 0 Å². The number of carbonyl (C=O) groups excluding carboxylic acids is 1. The van der Waals surface area contributed by atoms with Gasteiger partial charge in [0.05, 0.1) is 30.6 Å². The number of aromatic nitrogens is 3. The molecule has 3 aromatic rings. The van der Waals surface area contributed by atoms with Crippen LogP contribution in [0.3, 0.4) is 0 Å².